The lowest BCUT2D eigenvalue weighted by Crippen LogP contribution is -2.60. The van der Waals surface area contributed by atoms with Gasteiger partial charge in [-0.2, -0.15) is 0 Å². The van der Waals surface area contributed by atoms with Crippen LogP contribution in [-0.4, -0.2) is 35.2 Å². The second-order valence-corrected chi connectivity index (χ2v) is 6.76. The van der Waals surface area contributed by atoms with Crippen LogP contribution >= 0.6 is 0 Å². The third-order valence-electron chi connectivity index (χ3n) is 5.34. The number of nitrogens with zero attached hydrogens (tertiary/aromatic N) is 1. The Hall–Kier alpha value is -0.0800. The molecule has 1 heterocycles. The van der Waals surface area contributed by atoms with Crippen molar-refractivity contribution in [3.63, 3.8) is 0 Å². The number of hydrogen-bond acceptors (Lipinski definition) is 2. The molecule has 0 spiro atoms. The van der Waals surface area contributed by atoms with Gasteiger partial charge in [0.05, 0.1) is 5.60 Å². The molecular formula is C15H29NO. The lowest BCUT2D eigenvalue weighted by molar-refractivity contribution is -0.0890. The van der Waals surface area contributed by atoms with E-state index in [4.69, 9.17) is 0 Å². The zero-order valence-electron chi connectivity index (χ0n) is 11.8. The smallest absolute Gasteiger partial charge is 0.0774 e. The average molecular weight is 239 g/mol. The van der Waals surface area contributed by atoms with Crippen LogP contribution in [0.1, 0.15) is 59.3 Å². The fraction of sp³-hybridized carbons (Fsp3) is 1.00. The first-order valence-electron chi connectivity index (χ1n) is 7.46. The van der Waals surface area contributed by atoms with Crippen LogP contribution < -0.4 is 0 Å². The Morgan fingerprint density at radius 3 is 2.12 bits per heavy atom. The fourth-order valence-corrected chi connectivity index (χ4v) is 3.59. The van der Waals surface area contributed by atoms with E-state index < -0.39 is 0 Å². The molecule has 0 aromatic carbocycles. The topological polar surface area (TPSA) is 23.5 Å². The van der Waals surface area contributed by atoms with Gasteiger partial charge in [0.2, 0.25) is 0 Å². The van der Waals surface area contributed by atoms with Crippen LogP contribution in [0, 0.1) is 11.3 Å². The van der Waals surface area contributed by atoms with Gasteiger partial charge in [0.1, 0.15) is 0 Å². The zero-order chi connectivity index (χ0) is 12.5. The number of rotatable bonds is 4. The molecule has 0 radical (unpaired) electrons. The minimum atomic E-state index is -0.375. The Kier molecular flexibility index (Phi) is 3.84. The van der Waals surface area contributed by atoms with Crippen LogP contribution in [0.5, 0.6) is 0 Å². The molecule has 2 rings (SSSR count). The Labute approximate surface area is 106 Å². The predicted octanol–water partition coefficient (Wildman–Crippen LogP) is 3.05. The summed E-state index contributed by atoms with van der Waals surface area (Å²) in [5, 5.41) is 10.6. The summed E-state index contributed by atoms with van der Waals surface area (Å²) in [7, 11) is 0. The lowest BCUT2D eigenvalue weighted by Gasteiger charge is -2.53. The maximum Gasteiger partial charge on any atom is 0.0774 e. The summed E-state index contributed by atoms with van der Waals surface area (Å²) in [5.41, 5.74) is 0.193. The first kappa shape index (κ1) is 13.4. The molecule has 0 unspecified atom stereocenters. The number of β-amino-alcohol motifs (C(OH)–C–C–N with tert-alkyl or cyclic N) is 1. The van der Waals surface area contributed by atoms with E-state index in [1.165, 1.54) is 38.8 Å². The van der Waals surface area contributed by atoms with Gasteiger partial charge in [-0.15, -0.1) is 0 Å². The van der Waals surface area contributed by atoms with Crippen LogP contribution in [0.4, 0.5) is 0 Å². The average Bonchev–Trinajstić information content (AvgIpc) is 2.28. The van der Waals surface area contributed by atoms with E-state index in [2.05, 4.69) is 25.7 Å². The van der Waals surface area contributed by atoms with Gasteiger partial charge in [-0.05, 0) is 49.9 Å². The second-order valence-electron chi connectivity index (χ2n) is 6.76. The van der Waals surface area contributed by atoms with E-state index in [0.717, 1.165) is 25.3 Å². The van der Waals surface area contributed by atoms with Crippen molar-refractivity contribution in [2.24, 2.45) is 11.3 Å². The molecule has 17 heavy (non-hydrogen) atoms. The molecule has 0 bridgehead atoms. The Bertz CT molecular complexity index is 244. The molecular weight excluding hydrogens is 210 g/mol. The molecule has 1 saturated heterocycles. The number of aliphatic hydroxyl groups is 1. The molecule has 2 fully saturated rings. The van der Waals surface area contributed by atoms with E-state index in [1.54, 1.807) is 0 Å². The highest BCUT2D eigenvalue weighted by molar-refractivity contribution is 4.97. The molecule has 2 aliphatic rings. The quantitative estimate of drug-likeness (QED) is 0.815. The Morgan fingerprint density at radius 2 is 1.65 bits per heavy atom. The molecule has 1 N–H and O–H groups in total. The highest BCUT2D eigenvalue weighted by Crippen LogP contribution is 2.40. The molecule has 1 saturated carbocycles. The standard InChI is InChI=1S/C15H29NO/c1-4-14(5-2)10-16(11-14)12-15(17)8-6-13(3)7-9-15/h13,17H,4-12H2,1-3H3. The molecule has 2 heteroatoms. The summed E-state index contributed by atoms with van der Waals surface area (Å²) in [6.45, 7) is 10.2. The summed E-state index contributed by atoms with van der Waals surface area (Å²) >= 11 is 0. The van der Waals surface area contributed by atoms with Crippen LogP contribution in [0.15, 0.2) is 0 Å². The third-order valence-corrected chi connectivity index (χ3v) is 5.34. The van der Waals surface area contributed by atoms with Crippen LogP contribution in [-0.2, 0) is 0 Å². The van der Waals surface area contributed by atoms with Gasteiger partial charge in [-0.25, -0.2) is 0 Å². The maximum atomic E-state index is 10.6. The summed E-state index contributed by atoms with van der Waals surface area (Å²) in [6.07, 6.45) is 7.00. The molecule has 1 aliphatic carbocycles. The molecule has 0 aromatic heterocycles. The van der Waals surface area contributed by atoms with Gasteiger partial charge in [0.25, 0.3) is 0 Å². The second kappa shape index (κ2) is 4.89. The molecule has 0 amide bonds. The molecule has 100 valence electrons. The summed E-state index contributed by atoms with van der Waals surface area (Å²) in [4.78, 5) is 2.48. The minimum absolute atomic E-state index is 0.375. The molecule has 0 aromatic rings. The van der Waals surface area contributed by atoms with Gasteiger partial charge >= 0.3 is 0 Å². The van der Waals surface area contributed by atoms with Crippen molar-refractivity contribution in [3.05, 3.63) is 0 Å². The normalized spacial score (nSPS) is 37.8. The SMILES string of the molecule is CCC1(CC)CN(CC2(O)CCC(C)CC2)C1. The number of hydrogen-bond donors (Lipinski definition) is 1. The van der Waals surface area contributed by atoms with Crippen molar-refractivity contribution in [3.8, 4) is 0 Å². The van der Waals surface area contributed by atoms with Gasteiger partial charge in [0.15, 0.2) is 0 Å². The van der Waals surface area contributed by atoms with Crippen LogP contribution in [0.25, 0.3) is 0 Å². The highest BCUT2D eigenvalue weighted by Gasteiger charge is 2.43. The third kappa shape index (κ3) is 2.85. The summed E-state index contributed by atoms with van der Waals surface area (Å²) < 4.78 is 0. The van der Waals surface area contributed by atoms with E-state index in [1.807, 2.05) is 0 Å². The van der Waals surface area contributed by atoms with E-state index in [-0.39, 0.29) is 5.60 Å². The van der Waals surface area contributed by atoms with E-state index in [9.17, 15) is 5.11 Å². The highest BCUT2D eigenvalue weighted by atomic mass is 16.3. The van der Waals surface area contributed by atoms with Crippen LogP contribution in [0.3, 0.4) is 0 Å². The molecule has 2 nitrogen and oxygen atoms in total. The van der Waals surface area contributed by atoms with E-state index >= 15 is 0 Å². The van der Waals surface area contributed by atoms with Crippen molar-refractivity contribution in [2.75, 3.05) is 19.6 Å². The summed E-state index contributed by atoms with van der Waals surface area (Å²) in [6, 6.07) is 0. The first-order chi connectivity index (χ1) is 8.01. The van der Waals surface area contributed by atoms with Crippen LogP contribution in [0.2, 0.25) is 0 Å². The van der Waals surface area contributed by atoms with Crippen molar-refractivity contribution in [1.82, 2.24) is 4.90 Å². The number of likely N-dealkylation sites (tertiary alicyclic amines) is 1. The van der Waals surface area contributed by atoms with Crippen molar-refractivity contribution in [1.29, 1.82) is 0 Å². The maximum absolute atomic E-state index is 10.6. The first-order valence-corrected chi connectivity index (χ1v) is 7.46. The van der Waals surface area contributed by atoms with Gasteiger partial charge in [-0.1, -0.05) is 20.8 Å². The molecule has 0 atom stereocenters. The van der Waals surface area contributed by atoms with Gasteiger partial charge < -0.3 is 5.11 Å². The van der Waals surface area contributed by atoms with Crippen molar-refractivity contribution < 1.29 is 5.11 Å². The summed E-state index contributed by atoms with van der Waals surface area (Å²) in [5.74, 6) is 0.817. The fourth-order valence-electron chi connectivity index (χ4n) is 3.59. The van der Waals surface area contributed by atoms with Gasteiger partial charge in [0, 0.05) is 19.6 Å². The molecule has 1 aliphatic heterocycles. The Balaban J connectivity index is 1.79. The Morgan fingerprint density at radius 1 is 1.12 bits per heavy atom. The predicted molar refractivity (Wildman–Crippen MR) is 72.0 cm³/mol. The van der Waals surface area contributed by atoms with Crippen molar-refractivity contribution in [2.45, 2.75) is 64.9 Å². The lowest BCUT2D eigenvalue weighted by atomic mass is 9.73. The van der Waals surface area contributed by atoms with E-state index in [0.29, 0.717) is 5.41 Å². The van der Waals surface area contributed by atoms with Gasteiger partial charge in [-0.3, -0.25) is 4.90 Å². The van der Waals surface area contributed by atoms with Crippen molar-refractivity contribution >= 4 is 0 Å². The minimum Gasteiger partial charge on any atom is -0.389 e. The largest absolute Gasteiger partial charge is 0.389 e. The monoisotopic (exact) mass is 239 g/mol. The zero-order valence-corrected chi connectivity index (χ0v) is 11.8.